The molecule has 0 aromatic carbocycles. The molecule has 9 heavy (non-hydrogen) atoms. The van der Waals surface area contributed by atoms with Crippen molar-refractivity contribution in [1.29, 1.82) is 0 Å². The second-order valence-electron chi connectivity index (χ2n) is 1.98. The van der Waals surface area contributed by atoms with Crippen LogP contribution >= 0.6 is 23.2 Å². The molecular formula is C6H7Cl2N. The van der Waals surface area contributed by atoms with Crippen LogP contribution in [0.2, 0.25) is 0 Å². The SMILES string of the molecule is NC1=CC(Cl)CC(Cl)=C1. The van der Waals surface area contributed by atoms with Gasteiger partial charge >= 0.3 is 0 Å². The number of hydrogen-bond donors (Lipinski definition) is 1. The van der Waals surface area contributed by atoms with Gasteiger partial charge in [-0.05, 0) is 12.2 Å². The number of rotatable bonds is 0. The first-order valence-electron chi connectivity index (χ1n) is 2.66. The molecule has 0 amide bonds. The second-order valence-corrected chi connectivity index (χ2v) is 3.02. The first kappa shape index (κ1) is 6.97. The van der Waals surface area contributed by atoms with E-state index in [1.54, 1.807) is 12.2 Å². The van der Waals surface area contributed by atoms with Gasteiger partial charge in [-0.2, -0.15) is 0 Å². The fourth-order valence-electron chi connectivity index (χ4n) is 0.742. The van der Waals surface area contributed by atoms with Crippen LogP contribution in [-0.2, 0) is 0 Å². The molecule has 1 nitrogen and oxygen atoms in total. The number of nitrogens with two attached hydrogens (primary N) is 1. The van der Waals surface area contributed by atoms with Crippen molar-refractivity contribution in [2.75, 3.05) is 0 Å². The van der Waals surface area contributed by atoms with Crippen molar-refractivity contribution in [3.05, 3.63) is 22.9 Å². The van der Waals surface area contributed by atoms with E-state index in [9.17, 15) is 0 Å². The van der Waals surface area contributed by atoms with Gasteiger partial charge in [-0.3, -0.25) is 0 Å². The Hall–Kier alpha value is -0.140. The van der Waals surface area contributed by atoms with E-state index in [-0.39, 0.29) is 5.38 Å². The first-order valence-corrected chi connectivity index (χ1v) is 3.47. The van der Waals surface area contributed by atoms with E-state index in [2.05, 4.69) is 0 Å². The molecule has 0 saturated heterocycles. The minimum atomic E-state index is -0.0255. The maximum atomic E-state index is 5.72. The van der Waals surface area contributed by atoms with Crippen LogP contribution in [0.5, 0.6) is 0 Å². The minimum Gasteiger partial charge on any atom is -0.399 e. The van der Waals surface area contributed by atoms with Crippen molar-refractivity contribution >= 4 is 23.2 Å². The highest BCUT2D eigenvalue weighted by molar-refractivity contribution is 6.31. The third-order valence-electron chi connectivity index (χ3n) is 1.09. The van der Waals surface area contributed by atoms with Gasteiger partial charge in [0, 0.05) is 17.2 Å². The molecular weight excluding hydrogens is 157 g/mol. The summed E-state index contributed by atoms with van der Waals surface area (Å²) >= 11 is 11.4. The van der Waals surface area contributed by atoms with E-state index in [0.29, 0.717) is 12.1 Å². The molecule has 0 fully saturated rings. The third kappa shape index (κ3) is 1.92. The van der Waals surface area contributed by atoms with Crippen LogP contribution in [0.3, 0.4) is 0 Å². The normalized spacial score (nSPS) is 27.1. The van der Waals surface area contributed by atoms with Crippen molar-refractivity contribution < 1.29 is 0 Å². The Morgan fingerprint density at radius 3 is 2.78 bits per heavy atom. The van der Waals surface area contributed by atoms with Gasteiger partial charge in [0.05, 0.1) is 5.38 Å². The van der Waals surface area contributed by atoms with E-state index in [4.69, 9.17) is 28.9 Å². The lowest BCUT2D eigenvalue weighted by Gasteiger charge is -2.09. The van der Waals surface area contributed by atoms with Crippen LogP contribution in [0.1, 0.15) is 6.42 Å². The predicted molar refractivity (Wildman–Crippen MR) is 40.5 cm³/mol. The average molecular weight is 164 g/mol. The third-order valence-corrected chi connectivity index (χ3v) is 1.63. The molecule has 0 spiro atoms. The molecule has 1 aliphatic rings. The predicted octanol–water partition coefficient (Wildman–Crippen LogP) is 1.96. The van der Waals surface area contributed by atoms with Crippen LogP contribution in [-0.4, -0.2) is 5.38 Å². The zero-order valence-corrected chi connectivity index (χ0v) is 6.28. The molecule has 1 atom stereocenters. The highest BCUT2D eigenvalue weighted by Gasteiger charge is 2.08. The van der Waals surface area contributed by atoms with Crippen molar-refractivity contribution in [1.82, 2.24) is 0 Å². The molecule has 0 aromatic heterocycles. The van der Waals surface area contributed by atoms with Crippen LogP contribution in [0.15, 0.2) is 22.9 Å². The van der Waals surface area contributed by atoms with Gasteiger partial charge in [0.1, 0.15) is 0 Å². The van der Waals surface area contributed by atoms with Gasteiger partial charge in [0.15, 0.2) is 0 Å². The minimum absolute atomic E-state index is 0.0255. The summed E-state index contributed by atoms with van der Waals surface area (Å²) in [6.07, 6.45) is 4.21. The number of alkyl halides is 1. The molecule has 1 rings (SSSR count). The lowest BCUT2D eigenvalue weighted by Crippen LogP contribution is -2.06. The summed E-state index contributed by atoms with van der Waals surface area (Å²) < 4.78 is 0. The molecule has 50 valence electrons. The maximum Gasteiger partial charge on any atom is 0.0587 e. The van der Waals surface area contributed by atoms with Gasteiger partial charge in [0.25, 0.3) is 0 Å². The monoisotopic (exact) mass is 163 g/mol. The molecule has 0 saturated carbocycles. The number of halogens is 2. The number of allylic oxidation sites excluding steroid dienone is 3. The van der Waals surface area contributed by atoms with Crippen molar-refractivity contribution in [3.8, 4) is 0 Å². The summed E-state index contributed by atoms with van der Waals surface area (Å²) in [5.41, 5.74) is 6.09. The summed E-state index contributed by atoms with van der Waals surface area (Å²) in [4.78, 5) is 0. The largest absolute Gasteiger partial charge is 0.399 e. The Kier molecular flexibility index (Phi) is 2.04. The van der Waals surface area contributed by atoms with Crippen LogP contribution in [0, 0.1) is 0 Å². The summed E-state index contributed by atoms with van der Waals surface area (Å²) in [5.74, 6) is 0. The van der Waals surface area contributed by atoms with Crippen LogP contribution < -0.4 is 5.73 Å². The smallest absolute Gasteiger partial charge is 0.0587 e. The van der Waals surface area contributed by atoms with E-state index >= 15 is 0 Å². The zero-order valence-electron chi connectivity index (χ0n) is 4.77. The van der Waals surface area contributed by atoms with E-state index in [1.807, 2.05) is 0 Å². The Labute approximate surface area is 64.1 Å². The zero-order chi connectivity index (χ0) is 6.85. The average Bonchev–Trinajstić information content (AvgIpc) is 1.59. The first-order chi connectivity index (χ1) is 4.18. The lowest BCUT2D eigenvalue weighted by molar-refractivity contribution is 1.000. The van der Waals surface area contributed by atoms with Gasteiger partial charge in [-0.15, -0.1) is 11.6 Å². The van der Waals surface area contributed by atoms with Gasteiger partial charge < -0.3 is 5.73 Å². The van der Waals surface area contributed by atoms with E-state index in [0.717, 1.165) is 5.03 Å². The molecule has 2 N–H and O–H groups in total. The summed E-state index contributed by atoms with van der Waals surface area (Å²) in [7, 11) is 0. The van der Waals surface area contributed by atoms with Crippen LogP contribution in [0.25, 0.3) is 0 Å². The van der Waals surface area contributed by atoms with Crippen molar-refractivity contribution in [2.24, 2.45) is 5.73 Å². The van der Waals surface area contributed by atoms with Crippen molar-refractivity contribution in [3.63, 3.8) is 0 Å². The lowest BCUT2D eigenvalue weighted by atomic mass is 10.1. The molecule has 0 bridgehead atoms. The highest BCUT2D eigenvalue weighted by atomic mass is 35.5. The standard InChI is InChI=1S/C6H7Cl2N/c7-4-1-5(8)3-6(9)2-4/h2-4H,1,9H2. The Morgan fingerprint density at radius 1 is 1.67 bits per heavy atom. The molecule has 3 heteroatoms. The fourth-order valence-corrected chi connectivity index (χ4v) is 1.42. The van der Waals surface area contributed by atoms with Gasteiger partial charge in [0.2, 0.25) is 0 Å². The Bertz CT molecular complexity index is 172. The van der Waals surface area contributed by atoms with Crippen LogP contribution in [0.4, 0.5) is 0 Å². The summed E-state index contributed by atoms with van der Waals surface area (Å²) in [6, 6.07) is 0. The molecule has 0 aliphatic heterocycles. The summed E-state index contributed by atoms with van der Waals surface area (Å²) in [6.45, 7) is 0. The van der Waals surface area contributed by atoms with Gasteiger partial charge in [-0.1, -0.05) is 11.6 Å². The maximum absolute atomic E-state index is 5.72. The molecule has 1 unspecified atom stereocenters. The van der Waals surface area contributed by atoms with E-state index < -0.39 is 0 Å². The molecule has 0 radical (unpaired) electrons. The Morgan fingerprint density at radius 2 is 2.33 bits per heavy atom. The molecule has 1 aliphatic carbocycles. The van der Waals surface area contributed by atoms with Crippen molar-refractivity contribution in [2.45, 2.75) is 11.8 Å². The quantitative estimate of drug-likeness (QED) is 0.544. The molecule has 0 aromatic rings. The van der Waals surface area contributed by atoms with Gasteiger partial charge in [-0.25, -0.2) is 0 Å². The summed E-state index contributed by atoms with van der Waals surface area (Å²) in [5, 5.41) is 0.706. The topological polar surface area (TPSA) is 26.0 Å². The Balaban J connectivity index is 2.74. The van der Waals surface area contributed by atoms with E-state index in [1.165, 1.54) is 0 Å². The second kappa shape index (κ2) is 2.63. The number of hydrogen-bond acceptors (Lipinski definition) is 1. The fraction of sp³-hybridized carbons (Fsp3) is 0.333. The molecule has 0 heterocycles. The highest BCUT2D eigenvalue weighted by Crippen LogP contribution is 2.21.